The Morgan fingerprint density at radius 3 is 2.55 bits per heavy atom. The minimum Gasteiger partial charge on any atom is -0.380 e. The SMILES string of the molecule is CCSc1cccc(NCc2ccc(C)cc2)c1C#N. The van der Waals surface area contributed by atoms with Crippen LogP contribution in [-0.4, -0.2) is 5.75 Å². The van der Waals surface area contributed by atoms with E-state index in [9.17, 15) is 5.26 Å². The van der Waals surface area contributed by atoms with Gasteiger partial charge in [-0.1, -0.05) is 42.8 Å². The van der Waals surface area contributed by atoms with E-state index in [4.69, 9.17) is 0 Å². The highest BCUT2D eigenvalue weighted by Gasteiger charge is 2.07. The van der Waals surface area contributed by atoms with Gasteiger partial charge in [-0.25, -0.2) is 0 Å². The maximum Gasteiger partial charge on any atom is 0.102 e. The van der Waals surface area contributed by atoms with Crippen LogP contribution in [0.5, 0.6) is 0 Å². The van der Waals surface area contributed by atoms with Crippen LogP contribution >= 0.6 is 11.8 Å². The quantitative estimate of drug-likeness (QED) is 0.815. The van der Waals surface area contributed by atoms with Crippen molar-refractivity contribution < 1.29 is 0 Å². The molecule has 2 aromatic carbocycles. The summed E-state index contributed by atoms with van der Waals surface area (Å²) in [6, 6.07) is 16.7. The van der Waals surface area contributed by atoms with Gasteiger partial charge in [0.2, 0.25) is 0 Å². The average molecular weight is 282 g/mol. The first-order chi connectivity index (χ1) is 9.74. The Hall–Kier alpha value is -1.92. The molecule has 0 amide bonds. The van der Waals surface area contributed by atoms with Crippen LogP contribution in [0.2, 0.25) is 0 Å². The van der Waals surface area contributed by atoms with Gasteiger partial charge < -0.3 is 5.32 Å². The van der Waals surface area contributed by atoms with E-state index in [0.717, 1.165) is 28.4 Å². The molecule has 0 aliphatic carbocycles. The molecular weight excluding hydrogens is 264 g/mol. The predicted molar refractivity (Wildman–Crippen MR) is 86.1 cm³/mol. The van der Waals surface area contributed by atoms with Gasteiger partial charge in [-0.2, -0.15) is 5.26 Å². The van der Waals surface area contributed by atoms with Gasteiger partial charge in [-0.15, -0.1) is 11.8 Å². The number of hydrogen-bond donors (Lipinski definition) is 1. The fourth-order valence-electron chi connectivity index (χ4n) is 1.97. The van der Waals surface area contributed by atoms with Crippen LogP contribution in [0.25, 0.3) is 0 Å². The third-order valence-electron chi connectivity index (χ3n) is 3.04. The van der Waals surface area contributed by atoms with Gasteiger partial charge in [0.25, 0.3) is 0 Å². The highest BCUT2D eigenvalue weighted by molar-refractivity contribution is 7.99. The van der Waals surface area contributed by atoms with Crippen LogP contribution in [0.3, 0.4) is 0 Å². The first-order valence-corrected chi connectivity index (χ1v) is 7.68. The second-order valence-electron chi connectivity index (χ2n) is 4.56. The summed E-state index contributed by atoms with van der Waals surface area (Å²) in [6.45, 7) is 4.91. The topological polar surface area (TPSA) is 35.8 Å². The van der Waals surface area contributed by atoms with Gasteiger partial charge in [-0.05, 0) is 30.4 Å². The molecule has 0 unspecified atom stereocenters. The molecule has 102 valence electrons. The van der Waals surface area contributed by atoms with E-state index in [1.165, 1.54) is 11.1 Å². The third kappa shape index (κ3) is 3.55. The van der Waals surface area contributed by atoms with E-state index in [2.05, 4.69) is 49.5 Å². The number of hydrogen-bond acceptors (Lipinski definition) is 3. The Morgan fingerprint density at radius 2 is 1.90 bits per heavy atom. The van der Waals surface area contributed by atoms with Crippen molar-refractivity contribution in [2.24, 2.45) is 0 Å². The number of nitriles is 1. The molecule has 0 atom stereocenters. The van der Waals surface area contributed by atoms with Crippen molar-refractivity contribution in [3.63, 3.8) is 0 Å². The fraction of sp³-hybridized carbons (Fsp3) is 0.235. The monoisotopic (exact) mass is 282 g/mol. The van der Waals surface area contributed by atoms with Crippen LogP contribution in [0.4, 0.5) is 5.69 Å². The number of aryl methyl sites for hydroxylation is 1. The Labute approximate surface area is 124 Å². The normalized spacial score (nSPS) is 10.1. The van der Waals surface area contributed by atoms with E-state index in [1.807, 2.05) is 18.2 Å². The molecule has 0 saturated heterocycles. The molecule has 2 rings (SSSR count). The van der Waals surface area contributed by atoms with Crippen molar-refractivity contribution >= 4 is 17.4 Å². The summed E-state index contributed by atoms with van der Waals surface area (Å²) in [6.07, 6.45) is 0. The van der Waals surface area contributed by atoms with E-state index in [0.29, 0.717) is 0 Å². The predicted octanol–water partition coefficient (Wildman–Crippen LogP) is 4.59. The molecule has 0 bridgehead atoms. The molecule has 1 N–H and O–H groups in total. The van der Waals surface area contributed by atoms with Gasteiger partial charge in [0.1, 0.15) is 6.07 Å². The maximum absolute atomic E-state index is 9.36. The Morgan fingerprint density at radius 1 is 1.15 bits per heavy atom. The van der Waals surface area contributed by atoms with Gasteiger partial charge in [0.05, 0.1) is 11.3 Å². The smallest absolute Gasteiger partial charge is 0.102 e. The number of nitrogens with zero attached hydrogens (tertiary/aromatic N) is 1. The molecule has 0 heterocycles. The first-order valence-electron chi connectivity index (χ1n) is 6.70. The zero-order valence-electron chi connectivity index (χ0n) is 11.8. The van der Waals surface area contributed by atoms with Crippen LogP contribution in [0.1, 0.15) is 23.6 Å². The largest absolute Gasteiger partial charge is 0.380 e. The lowest BCUT2D eigenvalue weighted by Gasteiger charge is -2.11. The number of benzene rings is 2. The van der Waals surface area contributed by atoms with Crippen LogP contribution in [-0.2, 0) is 6.54 Å². The van der Waals surface area contributed by atoms with Crippen molar-refractivity contribution in [2.75, 3.05) is 11.1 Å². The average Bonchev–Trinajstić information content (AvgIpc) is 2.47. The van der Waals surface area contributed by atoms with Crippen LogP contribution in [0, 0.1) is 18.3 Å². The lowest BCUT2D eigenvalue weighted by Crippen LogP contribution is -2.02. The first kappa shape index (κ1) is 14.5. The van der Waals surface area contributed by atoms with Gasteiger partial charge in [-0.3, -0.25) is 0 Å². The van der Waals surface area contributed by atoms with Gasteiger partial charge in [0, 0.05) is 11.4 Å². The minimum absolute atomic E-state index is 0.731. The summed E-state index contributed by atoms with van der Waals surface area (Å²) < 4.78 is 0. The minimum atomic E-state index is 0.731. The molecule has 0 aliphatic heterocycles. The zero-order chi connectivity index (χ0) is 14.4. The summed E-state index contributed by atoms with van der Waals surface area (Å²) in [4.78, 5) is 1.05. The summed E-state index contributed by atoms with van der Waals surface area (Å²) >= 11 is 1.70. The molecule has 0 spiro atoms. The Kier molecular flexibility index (Phi) is 5.09. The molecule has 0 radical (unpaired) electrons. The molecule has 3 heteroatoms. The zero-order valence-corrected chi connectivity index (χ0v) is 12.6. The molecule has 20 heavy (non-hydrogen) atoms. The van der Waals surface area contributed by atoms with Gasteiger partial charge in [0.15, 0.2) is 0 Å². The van der Waals surface area contributed by atoms with Gasteiger partial charge >= 0.3 is 0 Å². The summed E-state index contributed by atoms with van der Waals surface area (Å²) in [5.74, 6) is 0.968. The standard InChI is InChI=1S/C17H18N2S/c1-3-20-17-6-4-5-16(15(17)11-18)19-12-14-9-7-13(2)8-10-14/h4-10,19H,3,12H2,1-2H3. The summed E-state index contributed by atoms with van der Waals surface area (Å²) in [7, 11) is 0. The molecule has 0 saturated carbocycles. The summed E-state index contributed by atoms with van der Waals surface area (Å²) in [5, 5.41) is 12.7. The molecule has 2 aromatic rings. The highest BCUT2D eigenvalue weighted by atomic mass is 32.2. The second-order valence-corrected chi connectivity index (χ2v) is 5.87. The molecular formula is C17H18N2S. The van der Waals surface area contributed by atoms with Crippen molar-refractivity contribution in [2.45, 2.75) is 25.3 Å². The molecule has 0 aromatic heterocycles. The van der Waals surface area contributed by atoms with Crippen molar-refractivity contribution in [3.05, 3.63) is 59.2 Å². The summed E-state index contributed by atoms with van der Waals surface area (Å²) in [5.41, 5.74) is 4.12. The number of anilines is 1. The number of rotatable bonds is 5. The van der Waals surface area contributed by atoms with Crippen LogP contribution < -0.4 is 5.32 Å². The fourth-order valence-corrected chi connectivity index (χ4v) is 2.76. The lowest BCUT2D eigenvalue weighted by molar-refractivity contribution is 1.13. The molecule has 0 fully saturated rings. The van der Waals surface area contributed by atoms with Crippen molar-refractivity contribution in [3.8, 4) is 6.07 Å². The van der Waals surface area contributed by atoms with E-state index in [1.54, 1.807) is 11.8 Å². The Balaban J connectivity index is 2.15. The number of nitrogens with one attached hydrogen (secondary N) is 1. The molecule has 2 nitrogen and oxygen atoms in total. The maximum atomic E-state index is 9.36. The number of thioether (sulfide) groups is 1. The highest BCUT2D eigenvalue weighted by Crippen LogP contribution is 2.28. The third-order valence-corrected chi connectivity index (χ3v) is 3.98. The molecule has 0 aliphatic rings. The second kappa shape index (κ2) is 7.02. The lowest BCUT2D eigenvalue weighted by atomic mass is 10.1. The van der Waals surface area contributed by atoms with E-state index >= 15 is 0 Å². The van der Waals surface area contributed by atoms with Crippen molar-refractivity contribution in [1.82, 2.24) is 0 Å². The van der Waals surface area contributed by atoms with Crippen LogP contribution in [0.15, 0.2) is 47.4 Å². The van der Waals surface area contributed by atoms with E-state index < -0.39 is 0 Å². The van der Waals surface area contributed by atoms with E-state index in [-0.39, 0.29) is 0 Å². The Bertz CT molecular complexity index is 612. The van der Waals surface area contributed by atoms with Crippen molar-refractivity contribution in [1.29, 1.82) is 5.26 Å².